The Labute approximate surface area is 113 Å². The van der Waals surface area contributed by atoms with Crippen LogP contribution in [0.25, 0.3) is 0 Å². The lowest BCUT2D eigenvalue weighted by Crippen LogP contribution is -2.42. The summed E-state index contributed by atoms with van der Waals surface area (Å²) in [7, 11) is 0. The van der Waals surface area contributed by atoms with E-state index in [4.69, 9.17) is 0 Å². The average molecular weight is 266 g/mol. The van der Waals surface area contributed by atoms with Crippen LogP contribution in [0.1, 0.15) is 52.7 Å². The Morgan fingerprint density at radius 1 is 0.526 bits per heavy atom. The molecule has 1 aromatic carbocycles. The topological polar surface area (TPSA) is 80.9 Å². The van der Waals surface area contributed by atoms with Gasteiger partial charge in [-0.25, -0.2) is 0 Å². The first kappa shape index (κ1) is 13.8. The number of aromatic hydroxyl groups is 4. The molecule has 0 spiro atoms. The number of hydrogen-bond donors (Lipinski definition) is 4. The smallest absolute Gasteiger partial charge is 0.204 e. The van der Waals surface area contributed by atoms with Crippen LogP contribution in [0.2, 0.25) is 0 Å². The molecule has 0 unspecified atom stereocenters. The van der Waals surface area contributed by atoms with E-state index in [1.54, 1.807) is 0 Å². The summed E-state index contributed by atoms with van der Waals surface area (Å²) in [5.74, 6) is -1.99. The zero-order valence-corrected chi connectivity index (χ0v) is 12.3. The molecule has 4 nitrogen and oxygen atoms in total. The lowest BCUT2D eigenvalue weighted by molar-refractivity contribution is 0.122. The molecule has 0 fully saturated rings. The molecule has 2 rings (SSSR count). The van der Waals surface area contributed by atoms with Gasteiger partial charge in [-0.3, -0.25) is 0 Å². The molecule has 1 aliphatic rings. The van der Waals surface area contributed by atoms with Gasteiger partial charge in [0.15, 0.2) is 11.5 Å². The first-order valence-corrected chi connectivity index (χ1v) is 6.39. The highest BCUT2D eigenvalue weighted by Gasteiger charge is 2.60. The summed E-state index contributed by atoms with van der Waals surface area (Å²) in [5.41, 5.74) is -0.181. The highest BCUT2D eigenvalue weighted by Crippen LogP contribution is 2.68. The molecule has 106 valence electrons. The molecule has 1 aromatic rings. The molecule has 0 aromatic heterocycles. The van der Waals surface area contributed by atoms with E-state index in [2.05, 4.69) is 13.8 Å². The van der Waals surface area contributed by atoms with Gasteiger partial charge in [-0.05, 0) is 16.2 Å². The number of fused-ring (bicyclic) bond motifs is 1. The van der Waals surface area contributed by atoms with Gasteiger partial charge in [-0.15, -0.1) is 0 Å². The van der Waals surface area contributed by atoms with Crippen molar-refractivity contribution in [1.82, 2.24) is 0 Å². The maximum absolute atomic E-state index is 10.2. The number of rotatable bonds is 0. The van der Waals surface area contributed by atoms with Gasteiger partial charge in [-0.2, -0.15) is 0 Å². The van der Waals surface area contributed by atoms with Crippen LogP contribution in [0.4, 0.5) is 0 Å². The van der Waals surface area contributed by atoms with Crippen LogP contribution in [0.5, 0.6) is 23.0 Å². The SMILES string of the molecule is CC1(C)c2c(O)c(O)c(O)c(O)c2C(C)(C)C1(C)C. The standard InChI is InChI=1S/C15H22O4/c1-13(2)7-8(14(3,4)15(13,5)6)10(17)12(19)11(18)9(7)16/h16-19H,1-6H3. The van der Waals surface area contributed by atoms with Crippen molar-refractivity contribution in [2.75, 3.05) is 0 Å². The van der Waals surface area contributed by atoms with Gasteiger partial charge in [0.05, 0.1) is 0 Å². The van der Waals surface area contributed by atoms with Gasteiger partial charge in [-0.1, -0.05) is 41.5 Å². The van der Waals surface area contributed by atoms with E-state index >= 15 is 0 Å². The summed E-state index contributed by atoms with van der Waals surface area (Å²) < 4.78 is 0. The van der Waals surface area contributed by atoms with Crippen molar-refractivity contribution in [1.29, 1.82) is 0 Å². The molecule has 0 radical (unpaired) electrons. The fraction of sp³-hybridized carbons (Fsp3) is 0.600. The Morgan fingerprint density at radius 3 is 1.05 bits per heavy atom. The molecular formula is C15H22O4. The van der Waals surface area contributed by atoms with E-state index < -0.39 is 22.3 Å². The number of hydrogen-bond acceptors (Lipinski definition) is 4. The molecule has 0 atom stereocenters. The third kappa shape index (κ3) is 1.24. The molecule has 4 N–H and O–H groups in total. The minimum atomic E-state index is -0.655. The third-order valence-corrected chi connectivity index (χ3v) is 5.77. The second kappa shape index (κ2) is 3.30. The van der Waals surface area contributed by atoms with Crippen LogP contribution in [-0.2, 0) is 10.8 Å². The number of phenols is 4. The van der Waals surface area contributed by atoms with Gasteiger partial charge >= 0.3 is 0 Å². The summed E-state index contributed by atoms with van der Waals surface area (Å²) in [6.45, 7) is 12.0. The van der Waals surface area contributed by atoms with Crippen molar-refractivity contribution >= 4 is 0 Å². The van der Waals surface area contributed by atoms with Crippen LogP contribution in [-0.4, -0.2) is 20.4 Å². The zero-order valence-electron chi connectivity index (χ0n) is 12.3. The van der Waals surface area contributed by atoms with Crippen LogP contribution in [0.15, 0.2) is 0 Å². The second-order valence-electron chi connectivity index (χ2n) is 7.02. The minimum Gasteiger partial charge on any atom is -0.504 e. The molecule has 19 heavy (non-hydrogen) atoms. The fourth-order valence-electron chi connectivity index (χ4n) is 3.32. The van der Waals surface area contributed by atoms with Gasteiger partial charge in [0.25, 0.3) is 0 Å². The first-order valence-electron chi connectivity index (χ1n) is 6.39. The summed E-state index contributed by atoms with van der Waals surface area (Å²) in [4.78, 5) is 0. The quantitative estimate of drug-likeness (QED) is 0.429. The van der Waals surface area contributed by atoms with Gasteiger partial charge in [0, 0.05) is 11.1 Å². The van der Waals surface area contributed by atoms with Crippen molar-refractivity contribution in [2.24, 2.45) is 5.41 Å². The monoisotopic (exact) mass is 266 g/mol. The van der Waals surface area contributed by atoms with E-state index in [1.165, 1.54) is 0 Å². The van der Waals surface area contributed by atoms with Crippen molar-refractivity contribution in [3.8, 4) is 23.0 Å². The van der Waals surface area contributed by atoms with E-state index in [0.29, 0.717) is 11.1 Å². The predicted octanol–water partition coefficient (Wildman–Crippen LogP) is 3.10. The highest BCUT2D eigenvalue weighted by molar-refractivity contribution is 5.71. The Bertz CT molecular complexity index is 519. The van der Waals surface area contributed by atoms with Crippen molar-refractivity contribution < 1.29 is 20.4 Å². The van der Waals surface area contributed by atoms with E-state index in [1.807, 2.05) is 27.7 Å². The predicted molar refractivity (Wildman–Crippen MR) is 72.9 cm³/mol. The fourth-order valence-corrected chi connectivity index (χ4v) is 3.32. The summed E-state index contributed by atoms with van der Waals surface area (Å²) in [6.07, 6.45) is 0. The van der Waals surface area contributed by atoms with E-state index in [-0.39, 0.29) is 16.9 Å². The zero-order chi connectivity index (χ0) is 15.0. The molecule has 0 heterocycles. The van der Waals surface area contributed by atoms with E-state index in [0.717, 1.165) is 0 Å². The summed E-state index contributed by atoms with van der Waals surface area (Å²) in [5, 5.41) is 39.9. The largest absolute Gasteiger partial charge is 0.504 e. The summed E-state index contributed by atoms with van der Waals surface area (Å²) >= 11 is 0. The van der Waals surface area contributed by atoms with Crippen LogP contribution >= 0.6 is 0 Å². The average Bonchev–Trinajstić information content (AvgIpc) is 2.39. The Hall–Kier alpha value is -1.58. The highest BCUT2D eigenvalue weighted by atomic mass is 16.3. The first-order chi connectivity index (χ1) is 8.39. The summed E-state index contributed by atoms with van der Waals surface area (Å²) in [6, 6.07) is 0. The van der Waals surface area contributed by atoms with Crippen LogP contribution < -0.4 is 0 Å². The second-order valence-corrected chi connectivity index (χ2v) is 7.02. The van der Waals surface area contributed by atoms with Gasteiger partial charge < -0.3 is 20.4 Å². The lowest BCUT2D eigenvalue weighted by Gasteiger charge is -2.44. The lowest BCUT2D eigenvalue weighted by atomic mass is 9.59. The minimum absolute atomic E-state index is 0.280. The maximum Gasteiger partial charge on any atom is 0.204 e. The maximum atomic E-state index is 10.2. The van der Waals surface area contributed by atoms with Gasteiger partial charge in [0.1, 0.15) is 0 Å². The number of benzene rings is 1. The Balaban J connectivity index is 3.02. The third-order valence-electron chi connectivity index (χ3n) is 5.77. The number of phenolic OH excluding ortho intramolecular Hbond substituents is 4. The molecule has 4 heteroatoms. The Morgan fingerprint density at radius 2 is 0.789 bits per heavy atom. The van der Waals surface area contributed by atoms with Crippen molar-refractivity contribution in [3.63, 3.8) is 0 Å². The molecule has 0 aliphatic heterocycles. The van der Waals surface area contributed by atoms with Gasteiger partial charge in [0.2, 0.25) is 11.5 Å². The molecule has 0 bridgehead atoms. The molecule has 0 saturated heterocycles. The molecule has 1 aliphatic carbocycles. The van der Waals surface area contributed by atoms with Crippen LogP contribution in [0.3, 0.4) is 0 Å². The molecular weight excluding hydrogens is 244 g/mol. The normalized spacial score (nSPS) is 22.2. The molecule has 0 amide bonds. The Kier molecular flexibility index (Phi) is 2.40. The van der Waals surface area contributed by atoms with Crippen molar-refractivity contribution in [3.05, 3.63) is 11.1 Å². The van der Waals surface area contributed by atoms with Crippen molar-refractivity contribution in [2.45, 2.75) is 52.4 Å². The molecule has 0 saturated carbocycles. The van der Waals surface area contributed by atoms with E-state index in [9.17, 15) is 20.4 Å². The van der Waals surface area contributed by atoms with Crippen LogP contribution in [0, 0.1) is 5.41 Å².